The second-order valence-electron chi connectivity index (χ2n) is 12.9. The number of nitrogens with zero attached hydrogens (tertiary/aromatic N) is 4. The minimum atomic E-state index is -0.981. The fourth-order valence-electron chi connectivity index (χ4n) is 7.10. The first-order chi connectivity index (χ1) is 22.8. The van der Waals surface area contributed by atoms with Crippen molar-refractivity contribution in [2.75, 3.05) is 6.61 Å². The Bertz CT molecular complexity index is 2060. The minimum absolute atomic E-state index is 0.0688. The van der Waals surface area contributed by atoms with Crippen molar-refractivity contribution in [1.29, 1.82) is 0 Å². The van der Waals surface area contributed by atoms with E-state index in [-0.39, 0.29) is 23.6 Å². The predicted molar refractivity (Wildman–Crippen MR) is 191 cm³/mol. The van der Waals surface area contributed by atoms with Crippen LogP contribution in [0.5, 0.6) is 5.75 Å². The molecule has 1 aliphatic heterocycles. The average molecular weight is 688 g/mol. The van der Waals surface area contributed by atoms with Crippen molar-refractivity contribution in [2.45, 2.75) is 73.0 Å². The summed E-state index contributed by atoms with van der Waals surface area (Å²) in [4.78, 5) is 28.0. The van der Waals surface area contributed by atoms with Crippen molar-refractivity contribution in [3.63, 3.8) is 0 Å². The largest absolute Gasteiger partial charge is 0.494 e. The van der Waals surface area contributed by atoms with Crippen LogP contribution in [0.15, 0.2) is 48.5 Å². The number of benzene rings is 3. The number of hydrogen-bond acceptors (Lipinski definition) is 4. The van der Waals surface area contributed by atoms with Gasteiger partial charge in [-0.05, 0) is 107 Å². The van der Waals surface area contributed by atoms with Gasteiger partial charge in [0.1, 0.15) is 11.4 Å². The van der Waals surface area contributed by atoms with Gasteiger partial charge in [0.15, 0.2) is 0 Å². The highest BCUT2D eigenvalue weighted by Crippen LogP contribution is 2.45. The number of halogens is 2. The van der Waals surface area contributed by atoms with Gasteiger partial charge in [0, 0.05) is 40.8 Å². The molecule has 10 heteroatoms. The average Bonchev–Trinajstić information content (AvgIpc) is 3.51. The number of carboxylic acid groups (broad SMARTS) is 1. The maximum atomic E-state index is 14.7. The molecule has 250 valence electrons. The quantitative estimate of drug-likeness (QED) is 0.156. The van der Waals surface area contributed by atoms with Crippen LogP contribution in [0.2, 0.25) is 10.0 Å². The number of rotatable bonds is 9. The standard InChI is InChI=1S/C38H40Cl2N4O4/c1-20-17-28(18-21(2)34(20)40)48-16-8-9-29-30-14-15-31(39)33(32-22(3)41-42(7)25(32)6)35(30)44-24(5)23(4)43(37(45)36(29)44)19-26-10-12-27(13-11-26)38(46)47/h10-15,17-18,23-24H,8-9,16,19H2,1-7H3,(H,46,47). The molecule has 1 amide bonds. The van der Waals surface area contributed by atoms with E-state index < -0.39 is 5.97 Å². The molecule has 0 spiro atoms. The Morgan fingerprint density at radius 3 is 2.23 bits per heavy atom. The highest BCUT2D eigenvalue weighted by atomic mass is 35.5. The van der Waals surface area contributed by atoms with Crippen molar-refractivity contribution < 1.29 is 19.4 Å². The van der Waals surface area contributed by atoms with Crippen LogP contribution in [0.25, 0.3) is 22.0 Å². The minimum Gasteiger partial charge on any atom is -0.494 e. The lowest BCUT2D eigenvalue weighted by molar-refractivity contribution is 0.0544. The van der Waals surface area contributed by atoms with Crippen LogP contribution >= 0.6 is 23.2 Å². The molecule has 2 atom stereocenters. The number of carboxylic acids is 1. The summed E-state index contributed by atoms with van der Waals surface area (Å²) in [5, 5.41) is 16.4. The van der Waals surface area contributed by atoms with E-state index in [0.29, 0.717) is 36.7 Å². The Hall–Kier alpha value is -4.27. The first-order valence-corrected chi connectivity index (χ1v) is 16.9. The number of hydrogen-bond donors (Lipinski definition) is 1. The molecule has 0 fully saturated rings. The fourth-order valence-corrected chi connectivity index (χ4v) is 7.46. The number of carbonyl (C=O) groups is 2. The molecule has 48 heavy (non-hydrogen) atoms. The predicted octanol–water partition coefficient (Wildman–Crippen LogP) is 8.90. The maximum Gasteiger partial charge on any atom is 0.335 e. The number of aromatic nitrogens is 3. The summed E-state index contributed by atoms with van der Waals surface area (Å²) in [7, 11) is 1.93. The molecular formula is C38H40Cl2N4O4. The topological polar surface area (TPSA) is 89.6 Å². The van der Waals surface area contributed by atoms with E-state index in [0.717, 1.165) is 66.4 Å². The summed E-state index contributed by atoms with van der Waals surface area (Å²) in [5.41, 5.74) is 9.30. The highest BCUT2D eigenvalue weighted by Gasteiger charge is 2.40. The molecule has 1 N–H and O–H groups in total. The number of carbonyl (C=O) groups excluding carboxylic acids is 1. The Kier molecular flexibility index (Phi) is 9.09. The van der Waals surface area contributed by atoms with Crippen LogP contribution in [-0.2, 0) is 20.0 Å². The normalized spacial score (nSPS) is 16.1. The van der Waals surface area contributed by atoms with Crippen molar-refractivity contribution in [3.8, 4) is 16.9 Å². The lowest BCUT2D eigenvalue weighted by Gasteiger charge is -2.40. The zero-order chi connectivity index (χ0) is 34.6. The molecule has 3 aromatic carbocycles. The van der Waals surface area contributed by atoms with Crippen molar-refractivity contribution in [2.24, 2.45) is 7.05 Å². The van der Waals surface area contributed by atoms with E-state index in [4.69, 9.17) is 33.0 Å². The molecule has 2 unspecified atom stereocenters. The SMILES string of the molecule is Cc1cc(OCCCc2c3n(c4c(-c5c(C)nn(C)c5C)c(Cl)ccc24)C(C)C(C)N(Cc2ccc(C(=O)O)cc2)C3=O)cc(C)c1Cl. The Balaban J connectivity index is 1.45. The van der Waals surface area contributed by atoms with Gasteiger partial charge in [0.2, 0.25) is 0 Å². The summed E-state index contributed by atoms with van der Waals surface area (Å²) in [6, 6.07) is 14.3. The van der Waals surface area contributed by atoms with Gasteiger partial charge < -0.3 is 19.3 Å². The summed E-state index contributed by atoms with van der Waals surface area (Å²) >= 11 is 13.4. The smallest absolute Gasteiger partial charge is 0.335 e. The van der Waals surface area contributed by atoms with Gasteiger partial charge in [-0.1, -0.05) is 41.4 Å². The number of aryl methyl sites for hydroxylation is 5. The van der Waals surface area contributed by atoms with Gasteiger partial charge in [0.25, 0.3) is 5.91 Å². The first-order valence-electron chi connectivity index (χ1n) is 16.2. The molecule has 0 bridgehead atoms. The van der Waals surface area contributed by atoms with Crippen LogP contribution < -0.4 is 4.74 Å². The van der Waals surface area contributed by atoms with E-state index in [2.05, 4.69) is 18.4 Å². The molecule has 0 aliphatic carbocycles. The van der Waals surface area contributed by atoms with E-state index in [1.807, 2.05) is 68.6 Å². The lowest BCUT2D eigenvalue weighted by Crippen LogP contribution is -2.48. The van der Waals surface area contributed by atoms with Crippen molar-refractivity contribution in [3.05, 3.63) is 103 Å². The van der Waals surface area contributed by atoms with Crippen LogP contribution in [0.1, 0.15) is 80.8 Å². The van der Waals surface area contributed by atoms with Crippen molar-refractivity contribution >= 4 is 46.0 Å². The Labute approximate surface area is 290 Å². The van der Waals surface area contributed by atoms with Gasteiger partial charge in [-0.3, -0.25) is 9.48 Å². The highest BCUT2D eigenvalue weighted by molar-refractivity contribution is 6.35. The zero-order valence-corrected chi connectivity index (χ0v) is 29.8. The van der Waals surface area contributed by atoms with Crippen LogP contribution in [0, 0.1) is 27.7 Å². The van der Waals surface area contributed by atoms with E-state index >= 15 is 0 Å². The number of ether oxygens (including phenoxy) is 1. The molecule has 1 aliphatic rings. The Morgan fingerprint density at radius 2 is 1.62 bits per heavy atom. The molecule has 0 radical (unpaired) electrons. The van der Waals surface area contributed by atoms with E-state index in [9.17, 15) is 14.7 Å². The molecule has 0 saturated heterocycles. The number of aromatic carboxylic acids is 1. The third-order valence-corrected chi connectivity index (χ3v) is 10.8. The van der Waals surface area contributed by atoms with Crippen LogP contribution in [0.3, 0.4) is 0 Å². The fraction of sp³-hybridized carbons (Fsp3) is 0.342. The molecule has 2 aromatic heterocycles. The van der Waals surface area contributed by atoms with Crippen LogP contribution in [0.4, 0.5) is 0 Å². The molecule has 6 rings (SSSR count). The van der Waals surface area contributed by atoms with Gasteiger partial charge in [-0.2, -0.15) is 5.10 Å². The molecule has 0 saturated carbocycles. The van der Waals surface area contributed by atoms with Crippen LogP contribution in [-0.4, -0.2) is 48.9 Å². The van der Waals surface area contributed by atoms with Gasteiger partial charge in [-0.25, -0.2) is 4.79 Å². The molecule has 3 heterocycles. The lowest BCUT2D eigenvalue weighted by atomic mass is 9.98. The second kappa shape index (κ2) is 13.0. The summed E-state index contributed by atoms with van der Waals surface area (Å²) < 4.78 is 10.2. The number of amides is 1. The second-order valence-corrected chi connectivity index (χ2v) is 13.7. The third kappa shape index (κ3) is 5.75. The maximum absolute atomic E-state index is 14.7. The monoisotopic (exact) mass is 686 g/mol. The summed E-state index contributed by atoms with van der Waals surface area (Å²) in [6.07, 6.45) is 1.30. The van der Waals surface area contributed by atoms with Gasteiger partial charge in [0.05, 0.1) is 40.5 Å². The molecule has 5 aromatic rings. The molecular weight excluding hydrogens is 647 g/mol. The molecule has 8 nitrogen and oxygen atoms in total. The summed E-state index contributed by atoms with van der Waals surface area (Å²) in [6.45, 7) is 13.0. The first kappa shape index (κ1) is 33.6. The third-order valence-electron chi connectivity index (χ3n) is 9.84. The van der Waals surface area contributed by atoms with E-state index in [1.54, 1.807) is 24.3 Å². The zero-order valence-electron chi connectivity index (χ0n) is 28.3. The van der Waals surface area contributed by atoms with Gasteiger partial charge in [-0.15, -0.1) is 0 Å². The summed E-state index contributed by atoms with van der Waals surface area (Å²) in [5.74, 6) is -0.278. The number of fused-ring (bicyclic) bond motifs is 3. The Morgan fingerprint density at radius 1 is 0.958 bits per heavy atom. The van der Waals surface area contributed by atoms with Crippen molar-refractivity contribution in [1.82, 2.24) is 19.2 Å². The van der Waals surface area contributed by atoms with Gasteiger partial charge >= 0.3 is 5.97 Å². The van der Waals surface area contributed by atoms with E-state index in [1.165, 1.54) is 0 Å².